The topological polar surface area (TPSA) is 140 Å². The van der Waals surface area contributed by atoms with Crippen molar-refractivity contribution in [1.29, 1.82) is 0 Å². The Bertz CT molecular complexity index is 1540. The van der Waals surface area contributed by atoms with Gasteiger partial charge in [-0.2, -0.15) is 0 Å². The number of rotatable bonds is 16. The molecule has 2 aliphatic rings. The van der Waals surface area contributed by atoms with E-state index in [9.17, 15) is 24.6 Å². The maximum absolute atomic E-state index is 14.1. The van der Waals surface area contributed by atoms with E-state index in [1.165, 1.54) is 6.92 Å². The number of carboxylic acid groups (broad SMARTS) is 1. The monoisotopic (exact) mass is 664 g/mol. The number of phenols is 1. The highest BCUT2D eigenvalue weighted by molar-refractivity contribution is 6.15. The molecule has 0 fully saturated rings. The molecular weight excluding hydrogens is 612 g/mol. The van der Waals surface area contributed by atoms with Crippen LogP contribution in [0.2, 0.25) is 0 Å². The van der Waals surface area contributed by atoms with E-state index in [0.717, 1.165) is 11.9 Å². The molecule has 48 heavy (non-hydrogen) atoms. The third-order valence-electron chi connectivity index (χ3n) is 8.92. The molecule has 1 aromatic rings. The van der Waals surface area contributed by atoms with Gasteiger partial charge in [0, 0.05) is 22.6 Å². The predicted octanol–water partition coefficient (Wildman–Crippen LogP) is 7.48. The molecule has 0 spiro atoms. The number of fused-ring (bicyclic) bond motifs is 2. The third-order valence-corrected chi connectivity index (χ3v) is 8.92. The van der Waals surface area contributed by atoms with Gasteiger partial charge in [-0.1, -0.05) is 36.0 Å². The molecule has 4 atom stereocenters. The number of hydrogen-bond donors (Lipinski definition) is 3. The van der Waals surface area contributed by atoms with Crippen LogP contribution in [-0.4, -0.2) is 63.4 Å². The predicted molar refractivity (Wildman–Crippen MR) is 187 cm³/mol. The van der Waals surface area contributed by atoms with Crippen LogP contribution in [0.5, 0.6) is 17.2 Å². The second kappa shape index (κ2) is 16.0. The van der Waals surface area contributed by atoms with Crippen LogP contribution in [0.25, 0.3) is 6.08 Å². The second-order valence-corrected chi connectivity index (χ2v) is 14.0. The third kappa shape index (κ3) is 9.57. The van der Waals surface area contributed by atoms with Crippen LogP contribution in [0.3, 0.4) is 0 Å². The zero-order valence-corrected chi connectivity index (χ0v) is 29.6. The molecule has 0 amide bonds. The number of Topliss-reactive ketones (excluding diaryl/α,β-unsaturated/α-hetero) is 1. The molecule has 1 aromatic carbocycles. The van der Waals surface area contributed by atoms with Crippen LogP contribution < -0.4 is 9.47 Å². The van der Waals surface area contributed by atoms with E-state index in [0.29, 0.717) is 67.6 Å². The molecule has 0 saturated carbocycles. The number of carbonyl (C=O) groups excluding carboxylic acids is 2. The van der Waals surface area contributed by atoms with E-state index in [2.05, 4.69) is 6.58 Å². The van der Waals surface area contributed by atoms with Crippen molar-refractivity contribution in [1.82, 2.24) is 0 Å². The lowest BCUT2D eigenvalue weighted by atomic mass is 9.85. The van der Waals surface area contributed by atoms with E-state index >= 15 is 0 Å². The number of benzene rings is 1. The van der Waals surface area contributed by atoms with Crippen molar-refractivity contribution in [2.24, 2.45) is 5.92 Å². The minimum Gasteiger partial charge on any atom is -0.506 e. The Morgan fingerprint density at radius 1 is 1.17 bits per heavy atom. The molecule has 3 rings (SSSR count). The molecule has 2 aliphatic heterocycles. The Kier molecular flexibility index (Phi) is 12.8. The molecule has 0 bridgehead atoms. The summed E-state index contributed by atoms with van der Waals surface area (Å²) in [5.41, 5.74) is 1.99. The highest BCUT2D eigenvalue weighted by atomic mass is 16.5. The summed E-state index contributed by atoms with van der Waals surface area (Å²) in [6.07, 6.45) is 11.0. The number of carboxylic acids is 1. The average Bonchev–Trinajstić information content (AvgIpc) is 3.00. The number of aliphatic carboxylic acids is 1. The van der Waals surface area contributed by atoms with Crippen molar-refractivity contribution >= 4 is 24.1 Å². The van der Waals surface area contributed by atoms with Gasteiger partial charge in [-0.05, 0) is 106 Å². The van der Waals surface area contributed by atoms with Crippen LogP contribution in [0.15, 0.2) is 53.2 Å². The number of ether oxygens (including phenoxy) is 3. The molecule has 0 saturated heterocycles. The zero-order valence-electron chi connectivity index (χ0n) is 29.6. The van der Waals surface area contributed by atoms with Crippen molar-refractivity contribution in [3.05, 3.63) is 69.9 Å². The summed E-state index contributed by atoms with van der Waals surface area (Å²) < 4.78 is 18.9. The van der Waals surface area contributed by atoms with Crippen molar-refractivity contribution in [2.75, 3.05) is 6.61 Å². The molecule has 0 radical (unpaired) electrons. The Hall–Kier alpha value is -3.95. The summed E-state index contributed by atoms with van der Waals surface area (Å²) in [6, 6.07) is 0. The number of aliphatic hydroxyl groups is 1. The summed E-state index contributed by atoms with van der Waals surface area (Å²) >= 11 is 0. The molecular formula is C39H52O9. The fourth-order valence-corrected chi connectivity index (χ4v) is 5.69. The lowest BCUT2D eigenvalue weighted by molar-refractivity contribution is -0.132. The van der Waals surface area contributed by atoms with Gasteiger partial charge in [0.25, 0.3) is 0 Å². The van der Waals surface area contributed by atoms with Gasteiger partial charge in [0.15, 0.2) is 5.78 Å². The summed E-state index contributed by atoms with van der Waals surface area (Å²) in [4.78, 5) is 37.3. The minimum atomic E-state index is -0.967. The van der Waals surface area contributed by atoms with E-state index in [1.54, 1.807) is 32.1 Å². The van der Waals surface area contributed by atoms with Gasteiger partial charge in [0.1, 0.15) is 40.8 Å². The number of aldehydes is 1. The van der Waals surface area contributed by atoms with E-state index in [4.69, 9.17) is 19.3 Å². The van der Waals surface area contributed by atoms with E-state index in [-0.39, 0.29) is 28.2 Å². The summed E-state index contributed by atoms with van der Waals surface area (Å²) in [6.45, 7) is 18.9. The fraction of sp³-hybridized carbons (Fsp3) is 0.513. The quantitative estimate of drug-likeness (QED) is 0.0710. The maximum atomic E-state index is 14.1. The SMILES string of the molecule is C=C(C)C(O)CC[C@]1(C)C=Cc2c(O)c3c(c(CC=C(C)C)c2O1)OC(C)/C(=C\C(C=O)CCC(C)(C)OCC/C=C(/C)C(=O)O)C3=O. The first kappa shape index (κ1) is 38.5. The number of aliphatic hydroxyl groups excluding tert-OH is 1. The van der Waals surface area contributed by atoms with Gasteiger partial charge in [0.2, 0.25) is 0 Å². The molecule has 2 heterocycles. The van der Waals surface area contributed by atoms with Crippen molar-refractivity contribution < 1.29 is 43.9 Å². The maximum Gasteiger partial charge on any atom is 0.330 e. The first-order valence-corrected chi connectivity index (χ1v) is 16.6. The first-order valence-electron chi connectivity index (χ1n) is 16.6. The number of carbonyl (C=O) groups is 3. The van der Waals surface area contributed by atoms with Gasteiger partial charge in [-0.25, -0.2) is 4.79 Å². The second-order valence-electron chi connectivity index (χ2n) is 14.0. The molecule has 3 N–H and O–H groups in total. The number of allylic oxidation sites excluding steroid dienone is 3. The summed E-state index contributed by atoms with van der Waals surface area (Å²) in [7, 11) is 0. The van der Waals surface area contributed by atoms with Crippen LogP contribution >= 0.6 is 0 Å². The fourth-order valence-electron chi connectivity index (χ4n) is 5.69. The van der Waals surface area contributed by atoms with Gasteiger partial charge in [-0.3, -0.25) is 4.79 Å². The lowest BCUT2D eigenvalue weighted by Gasteiger charge is -2.36. The van der Waals surface area contributed by atoms with Gasteiger partial charge in [0.05, 0.1) is 23.9 Å². The highest BCUT2D eigenvalue weighted by Crippen LogP contribution is 2.51. The smallest absolute Gasteiger partial charge is 0.330 e. The molecule has 9 nitrogen and oxygen atoms in total. The van der Waals surface area contributed by atoms with Crippen molar-refractivity contribution in [2.45, 2.75) is 117 Å². The van der Waals surface area contributed by atoms with E-state index in [1.807, 2.05) is 46.8 Å². The van der Waals surface area contributed by atoms with E-state index < -0.39 is 41.1 Å². The van der Waals surface area contributed by atoms with Crippen LogP contribution in [0, 0.1) is 5.92 Å². The molecule has 262 valence electrons. The molecule has 0 aromatic heterocycles. The average molecular weight is 665 g/mol. The molecule has 3 unspecified atom stereocenters. The van der Waals surface area contributed by atoms with Crippen LogP contribution in [0.4, 0.5) is 0 Å². The normalized spacial score (nSPS) is 21.0. The Morgan fingerprint density at radius 3 is 2.46 bits per heavy atom. The Balaban J connectivity index is 1.91. The highest BCUT2D eigenvalue weighted by Gasteiger charge is 2.40. The number of aromatic hydroxyl groups is 1. The van der Waals surface area contributed by atoms with Crippen LogP contribution in [0.1, 0.15) is 109 Å². The standard InChI is InChI=1S/C39H52O9/c1-23(2)12-13-29-35-28(15-18-39(9,48-35)19-16-31(41)24(3)4)33(42)32-34(43)30(26(6)47-36(29)32)21-27(22-40)14-17-38(7,8)46-20-10-11-25(5)37(44)45/h11-12,15,18,21-22,26-27,31,41-42H,3,10,13-14,16-17,19-20H2,1-2,4-9H3,(H,44,45)/b25-11-,30-21+/t26?,27?,31?,39-/m0/s1. The largest absolute Gasteiger partial charge is 0.506 e. The van der Waals surface area contributed by atoms with Gasteiger partial charge >= 0.3 is 5.97 Å². The summed E-state index contributed by atoms with van der Waals surface area (Å²) in [5.74, 6) is -1.51. The summed E-state index contributed by atoms with van der Waals surface area (Å²) in [5, 5.41) is 30.9. The van der Waals surface area contributed by atoms with Crippen molar-refractivity contribution in [3.8, 4) is 17.2 Å². The molecule has 9 heteroatoms. The Labute approximate surface area is 284 Å². The number of hydrogen-bond acceptors (Lipinski definition) is 8. The lowest BCUT2D eigenvalue weighted by Crippen LogP contribution is -2.35. The van der Waals surface area contributed by atoms with Crippen LogP contribution in [-0.2, 0) is 20.7 Å². The first-order chi connectivity index (χ1) is 22.4. The minimum absolute atomic E-state index is 0.0443. The number of phenolic OH excluding ortho intramolecular Hbond substituents is 1. The number of ketones is 1. The Morgan fingerprint density at radius 2 is 1.85 bits per heavy atom. The van der Waals surface area contributed by atoms with Gasteiger partial charge in [-0.15, -0.1) is 0 Å². The zero-order chi connectivity index (χ0) is 36.0. The van der Waals surface area contributed by atoms with Gasteiger partial charge < -0.3 is 34.3 Å². The molecule has 0 aliphatic carbocycles. The van der Waals surface area contributed by atoms with Crippen molar-refractivity contribution in [3.63, 3.8) is 0 Å².